The fourth-order valence-corrected chi connectivity index (χ4v) is 2.34. The predicted octanol–water partition coefficient (Wildman–Crippen LogP) is 2.87. The highest BCUT2D eigenvalue weighted by Gasteiger charge is 2.16. The van der Waals surface area contributed by atoms with Crippen molar-refractivity contribution in [3.05, 3.63) is 35.4 Å². The van der Waals surface area contributed by atoms with E-state index in [1.54, 1.807) is 0 Å². The van der Waals surface area contributed by atoms with Crippen molar-refractivity contribution in [2.24, 2.45) is 0 Å². The van der Waals surface area contributed by atoms with E-state index >= 15 is 0 Å². The number of ketones is 2. The smallest absolute Gasteiger partial charge is 0.141 e. The van der Waals surface area contributed by atoms with Crippen molar-refractivity contribution in [2.75, 3.05) is 0 Å². The van der Waals surface area contributed by atoms with Crippen molar-refractivity contribution in [2.45, 2.75) is 44.9 Å². The minimum Gasteiger partial charge on any atom is -0.300 e. The van der Waals surface area contributed by atoms with Crippen LogP contribution in [0.25, 0.3) is 0 Å². The van der Waals surface area contributed by atoms with Gasteiger partial charge in [-0.05, 0) is 24.0 Å². The monoisotopic (exact) mass is 230 g/mol. The van der Waals surface area contributed by atoms with Crippen molar-refractivity contribution >= 4 is 11.6 Å². The molecule has 1 fully saturated rings. The molecule has 0 heterocycles. The van der Waals surface area contributed by atoms with Gasteiger partial charge in [0.1, 0.15) is 11.6 Å². The third-order valence-electron chi connectivity index (χ3n) is 3.30. The number of hydrogen-bond acceptors (Lipinski definition) is 2. The Morgan fingerprint density at radius 1 is 0.706 bits per heavy atom. The number of benzene rings is 1. The maximum Gasteiger partial charge on any atom is 0.141 e. The minimum absolute atomic E-state index is 0.348. The number of Topliss-reactive ketones (excluding diaryl/α,β-unsaturated/α-hetero) is 2. The van der Waals surface area contributed by atoms with Crippen molar-refractivity contribution in [3.8, 4) is 0 Å². The zero-order valence-electron chi connectivity index (χ0n) is 10.1. The summed E-state index contributed by atoms with van der Waals surface area (Å²) in [6.45, 7) is 0. The fourth-order valence-electron chi connectivity index (χ4n) is 2.34. The van der Waals surface area contributed by atoms with E-state index in [0.29, 0.717) is 24.4 Å². The summed E-state index contributed by atoms with van der Waals surface area (Å²) in [5, 5.41) is 0. The molecule has 90 valence electrons. The molecule has 1 aromatic rings. The van der Waals surface area contributed by atoms with Gasteiger partial charge < -0.3 is 0 Å². The summed E-state index contributed by atoms with van der Waals surface area (Å²) >= 11 is 0. The molecule has 0 bridgehead atoms. The lowest BCUT2D eigenvalue weighted by atomic mass is 10.00. The molecule has 0 aliphatic heterocycles. The Hall–Kier alpha value is -1.44. The van der Waals surface area contributed by atoms with Crippen LogP contribution in [0.2, 0.25) is 0 Å². The third-order valence-corrected chi connectivity index (χ3v) is 3.30. The molecule has 0 unspecified atom stereocenters. The van der Waals surface area contributed by atoms with Crippen molar-refractivity contribution in [1.82, 2.24) is 0 Å². The molecular weight excluding hydrogens is 212 g/mol. The van der Waals surface area contributed by atoms with Gasteiger partial charge >= 0.3 is 0 Å². The van der Waals surface area contributed by atoms with E-state index < -0.39 is 0 Å². The van der Waals surface area contributed by atoms with E-state index in [2.05, 4.69) is 0 Å². The topological polar surface area (TPSA) is 34.1 Å². The molecule has 0 atom stereocenters. The second-order valence-corrected chi connectivity index (χ2v) is 4.76. The van der Waals surface area contributed by atoms with Crippen LogP contribution in [0, 0.1) is 0 Å². The summed E-state index contributed by atoms with van der Waals surface area (Å²) in [4.78, 5) is 21.4. The molecule has 0 amide bonds. The lowest BCUT2D eigenvalue weighted by molar-refractivity contribution is -0.120. The molecule has 3 rings (SSSR count). The Kier molecular flexibility index (Phi) is 4.08. The Morgan fingerprint density at radius 2 is 1.24 bits per heavy atom. The molecule has 1 aromatic carbocycles. The van der Waals surface area contributed by atoms with E-state index in [1.807, 2.05) is 24.3 Å². The van der Waals surface area contributed by atoms with Gasteiger partial charge in [0, 0.05) is 25.7 Å². The normalized spacial score (nSPS) is 18.4. The highest BCUT2D eigenvalue weighted by Crippen LogP contribution is 2.17. The molecule has 0 spiro atoms. The molecule has 2 heteroatoms. The van der Waals surface area contributed by atoms with Crippen LogP contribution in [0.15, 0.2) is 24.3 Å². The first-order chi connectivity index (χ1) is 8.25. The molecule has 2 aliphatic carbocycles. The van der Waals surface area contributed by atoms with Crippen molar-refractivity contribution in [1.29, 1.82) is 0 Å². The zero-order valence-corrected chi connectivity index (χ0v) is 10.1. The molecule has 0 saturated heterocycles. The van der Waals surface area contributed by atoms with Crippen LogP contribution >= 0.6 is 0 Å². The molecular formula is C15H18O2. The summed E-state index contributed by atoms with van der Waals surface area (Å²) < 4.78 is 0. The van der Waals surface area contributed by atoms with Crippen molar-refractivity contribution in [3.63, 3.8) is 0 Å². The van der Waals surface area contributed by atoms with Gasteiger partial charge in [-0.1, -0.05) is 30.7 Å². The summed E-state index contributed by atoms with van der Waals surface area (Å²) in [7, 11) is 0. The molecule has 17 heavy (non-hydrogen) atoms. The minimum atomic E-state index is 0.348. The van der Waals surface area contributed by atoms with Crippen LogP contribution in [-0.2, 0) is 22.4 Å². The largest absolute Gasteiger partial charge is 0.300 e. The van der Waals surface area contributed by atoms with Crippen LogP contribution in [0.4, 0.5) is 0 Å². The predicted molar refractivity (Wildman–Crippen MR) is 66.9 cm³/mol. The van der Waals surface area contributed by atoms with Gasteiger partial charge in [0.05, 0.1) is 0 Å². The number of fused-ring (bicyclic) bond motifs is 1. The SMILES string of the molecule is O=C1CCCCC1.O=C1Cc2ccccc2C1. The maximum atomic E-state index is 10.9. The number of carbonyl (C=O) groups excluding carboxylic acids is 2. The summed E-state index contributed by atoms with van der Waals surface area (Å²) in [5.74, 6) is 0.812. The average Bonchev–Trinajstić information content (AvgIpc) is 2.71. The molecule has 1 saturated carbocycles. The van der Waals surface area contributed by atoms with Gasteiger partial charge in [-0.15, -0.1) is 0 Å². The van der Waals surface area contributed by atoms with E-state index in [9.17, 15) is 9.59 Å². The lowest BCUT2D eigenvalue weighted by Gasteiger charge is -2.05. The number of hydrogen-bond donors (Lipinski definition) is 0. The van der Waals surface area contributed by atoms with E-state index in [0.717, 1.165) is 25.7 Å². The quantitative estimate of drug-likeness (QED) is 0.686. The van der Waals surface area contributed by atoms with Gasteiger partial charge in [0.15, 0.2) is 0 Å². The second-order valence-electron chi connectivity index (χ2n) is 4.76. The van der Waals surface area contributed by atoms with Crippen LogP contribution in [-0.4, -0.2) is 11.6 Å². The molecule has 0 N–H and O–H groups in total. The van der Waals surface area contributed by atoms with Crippen molar-refractivity contribution < 1.29 is 9.59 Å². The zero-order chi connectivity index (χ0) is 12.1. The Bertz CT molecular complexity index is 386. The summed E-state index contributed by atoms with van der Waals surface area (Å²) in [5.41, 5.74) is 2.43. The van der Waals surface area contributed by atoms with Gasteiger partial charge in [0.2, 0.25) is 0 Å². The Labute approximate surface area is 102 Å². The first-order valence-corrected chi connectivity index (χ1v) is 6.36. The van der Waals surface area contributed by atoms with Gasteiger partial charge in [0.25, 0.3) is 0 Å². The Morgan fingerprint density at radius 3 is 1.65 bits per heavy atom. The van der Waals surface area contributed by atoms with Gasteiger partial charge in [-0.2, -0.15) is 0 Å². The maximum absolute atomic E-state index is 10.9. The third kappa shape index (κ3) is 3.52. The fraction of sp³-hybridized carbons (Fsp3) is 0.467. The van der Waals surface area contributed by atoms with Gasteiger partial charge in [-0.3, -0.25) is 9.59 Å². The highest BCUT2D eigenvalue weighted by atomic mass is 16.1. The summed E-state index contributed by atoms with van der Waals surface area (Å²) in [6.07, 6.45) is 6.54. The van der Waals surface area contributed by atoms with E-state index in [1.165, 1.54) is 17.5 Å². The first kappa shape index (κ1) is 12.0. The molecule has 0 radical (unpaired) electrons. The van der Waals surface area contributed by atoms with E-state index in [-0.39, 0.29) is 0 Å². The molecule has 2 aliphatic rings. The summed E-state index contributed by atoms with van der Waals surface area (Å²) in [6, 6.07) is 8.02. The molecule has 2 nitrogen and oxygen atoms in total. The van der Waals surface area contributed by atoms with Crippen LogP contribution in [0.3, 0.4) is 0 Å². The van der Waals surface area contributed by atoms with Crippen LogP contribution in [0.5, 0.6) is 0 Å². The number of carbonyl (C=O) groups is 2. The Balaban J connectivity index is 0.000000136. The van der Waals surface area contributed by atoms with E-state index in [4.69, 9.17) is 0 Å². The highest BCUT2D eigenvalue weighted by molar-refractivity contribution is 5.87. The standard InChI is InChI=1S/C9H8O.C6H10O/c10-9-5-7-3-1-2-4-8(7)6-9;7-6-4-2-1-3-5-6/h1-4H,5-6H2;1-5H2. The van der Waals surface area contributed by atoms with Crippen LogP contribution in [0.1, 0.15) is 43.2 Å². The molecule has 0 aromatic heterocycles. The number of rotatable bonds is 0. The average molecular weight is 230 g/mol. The first-order valence-electron chi connectivity index (χ1n) is 6.36. The van der Waals surface area contributed by atoms with Gasteiger partial charge in [-0.25, -0.2) is 0 Å². The lowest BCUT2D eigenvalue weighted by Crippen LogP contribution is -2.02. The second kappa shape index (κ2) is 5.76. The van der Waals surface area contributed by atoms with Crippen LogP contribution < -0.4 is 0 Å².